The molecular weight excluding hydrogens is 511 g/mol. The molecule has 40 heavy (non-hydrogen) atoms. The standard InChI is InChI=1S/C31H27FN4O4/c32-26-18-23(36-11-9-28(37)25(21-36)22-4-2-1-3-5-22)6-7-30(26)40-29-8-10-33-27-19-31(34-20-24(27)29)39-17-14-35-12-15-38-16-13-35/h1-11,18-21H,12-17H2. The molecule has 1 saturated heterocycles. The summed E-state index contributed by atoms with van der Waals surface area (Å²) < 4.78 is 34.1. The molecule has 0 saturated carbocycles. The Morgan fingerprint density at radius 1 is 0.950 bits per heavy atom. The summed E-state index contributed by atoms with van der Waals surface area (Å²) in [6, 6.07) is 18.9. The van der Waals surface area contributed by atoms with Crippen molar-refractivity contribution in [1.29, 1.82) is 0 Å². The maximum Gasteiger partial charge on any atom is 0.215 e. The molecular formula is C31H27FN4O4. The first-order chi connectivity index (χ1) is 19.6. The summed E-state index contributed by atoms with van der Waals surface area (Å²) in [6.07, 6.45) is 6.55. The summed E-state index contributed by atoms with van der Waals surface area (Å²) in [4.78, 5) is 23.5. The zero-order chi connectivity index (χ0) is 27.3. The van der Waals surface area contributed by atoms with Crippen LogP contribution in [0.5, 0.6) is 17.4 Å². The van der Waals surface area contributed by atoms with Crippen molar-refractivity contribution >= 4 is 10.9 Å². The van der Waals surface area contributed by atoms with Gasteiger partial charge in [-0.05, 0) is 23.8 Å². The average molecular weight is 539 g/mol. The number of hydrogen-bond donors (Lipinski definition) is 0. The van der Waals surface area contributed by atoms with Crippen LogP contribution >= 0.6 is 0 Å². The molecule has 0 N–H and O–H groups in total. The van der Waals surface area contributed by atoms with Gasteiger partial charge in [-0.15, -0.1) is 0 Å². The van der Waals surface area contributed by atoms with E-state index in [2.05, 4.69) is 14.9 Å². The van der Waals surface area contributed by atoms with Crippen LogP contribution in [0.2, 0.25) is 0 Å². The van der Waals surface area contributed by atoms with E-state index in [1.807, 2.05) is 30.3 Å². The van der Waals surface area contributed by atoms with Crippen molar-refractivity contribution in [3.63, 3.8) is 0 Å². The number of fused-ring (bicyclic) bond motifs is 1. The molecule has 0 spiro atoms. The molecule has 202 valence electrons. The highest BCUT2D eigenvalue weighted by Crippen LogP contribution is 2.32. The predicted octanol–water partition coefficient (Wildman–Crippen LogP) is 5.09. The Balaban J connectivity index is 1.18. The number of halogens is 1. The van der Waals surface area contributed by atoms with Gasteiger partial charge < -0.3 is 18.8 Å². The summed E-state index contributed by atoms with van der Waals surface area (Å²) in [7, 11) is 0. The van der Waals surface area contributed by atoms with Gasteiger partial charge in [0.1, 0.15) is 12.4 Å². The molecule has 1 aliphatic heterocycles. The Morgan fingerprint density at radius 3 is 2.62 bits per heavy atom. The lowest BCUT2D eigenvalue weighted by Gasteiger charge is -2.26. The Hall–Kier alpha value is -4.60. The molecule has 3 aromatic heterocycles. The number of morpholine rings is 1. The van der Waals surface area contributed by atoms with Gasteiger partial charge in [0.25, 0.3) is 0 Å². The van der Waals surface area contributed by atoms with Crippen LogP contribution in [0.25, 0.3) is 27.7 Å². The summed E-state index contributed by atoms with van der Waals surface area (Å²) in [5.74, 6) is 0.417. The van der Waals surface area contributed by atoms with E-state index in [1.54, 1.807) is 53.6 Å². The van der Waals surface area contributed by atoms with E-state index in [-0.39, 0.29) is 11.2 Å². The highest BCUT2D eigenvalue weighted by molar-refractivity contribution is 5.85. The summed E-state index contributed by atoms with van der Waals surface area (Å²) in [5.41, 5.74) is 2.41. The molecule has 0 aliphatic carbocycles. The fraction of sp³-hybridized carbons (Fsp3) is 0.194. The SMILES string of the molecule is O=c1ccn(-c2ccc(Oc3ccnc4cc(OCCN5CCOCC5)ncc34)c(F)c2)cc1-c1ccccc1. The van der Waals surface area contributed by atoms with Gasteiger partial charge >= 0.3 is 0 Å². The number of rotatable bonds is 8. The van der Waals surface area contributed by atoms with Crippen LogP contribution in [-0.2, 0) is 4.74 Å². The maximum absolute atomic E-state index is 15.2. The van der Waals surface area contributed by atoms with E-state index >= 15 is 4.39 Å². The van der Waals surface area contributed by atoms with E-state index in [4.69, 9.17) is 14.2 Å². The lowest BCUT2D eigenvalue weighted by atomic mass is 10.1. The first kappa shape index (κ1) is 25.7. The highest BCUT2D eigenvalue weighted by atomic mass is 19.1. The first-order valence-corrected chi connectivity index (χ1v) is 13.1. The zero-order valence-electron chi connectivity index (χ0n) is 21.7. The van der Waals surface area contributed by atoms with Crippen molar-refractivity contribution in [2.45, 2.75) is 0 Å². The van der Waals surface area contributed by atoms with Crippen molar-refractivity contribution in [1.82, 2.24) is 19.4 Å². The third kappa shape index (κ3) is 5.70. The minimum Gasteiger partial charge on any atom is -0.476 e. The fourth-order valence-corrected chi connectivity index (χ4v) is 4.60. The minimum absolute atomic E-state index is 0.0615. The molecule has 0 unspecified atom stereocenters. The minimum atomic E-state index is -0.543. The Bertz CT molecular complexity index is 1690. The average Bonchev–Trinajstić information content (AvgIpc) is 2.99. The number of nitrogens with zero attached hydrogens (tertiary/aromatic N) is 4. The van der Waals surface area contributed by atoms with Gasteiger partial charge in [-0.3, -0.25) is 14.7 Å². The van der Waals surface area contributed by atoms with Crippen LogP contribution in [0.4, 0.5) is 4.39 Å². The van der Waals surface area contributed by atoms with E-state index in [0.717, 1.165) is 38.4 Å². The fourth-order valence-electron chi connectivity index (χ4n) is 4.60. The molecule has 8 nitrogen and oxygen atoms in total. The third-order valence-corrected chi connectivity index (χ3v) is 6.76. The second kappa shape index (κ2) is 11.6. The number of ether oxygens (including phenoxy) is 3. The van der Waals surface area contributed by atoms with Gasteiger partial charge in [0, 0.05) is 73.9 Å². The zero-order valence-corrected chi connectivity index (χ0v) is 21.7. The van der Waals surface area contributed by atoms with Gasteiger partial charge in [0.05, 0.1) is 24.1 Å². The van der Waals surface area contributed by atoms with Gasteiger partial charge in [-0.25, -0.2) is 9.37 Å². The Kier molecular flexibility index (Phi) is 7.47. The molecule has 1 fully saturated rings. The topological polar surface area (TPSA) is 78.7 Å². The van der Waals surface area contributed by atoms with Gasteiger partial charge in [0.2, 0.25) is 5.88 Å². The van der Waals surface area contributed by atoms with Crippen LogP contribution in [0.15, 0.2) is 96.3 Å². The van der Waals surface area contributed by atoms with Crippen LogP contribution in [0, 0.1) is 5.82 Å². The van der Waals surface area contributed by atoms with E-state index in [9.17, 15) is 4.79 Å². The molecule has 4 heterocycles. The molecule has 2 aromatic carbocycles. The van der Waals surface area contributed by atoms with Crippen LogP contribution in [0.3, 0.4) is 0 Å². The van der Waals surface area contributed by atoms with Crippen LogP contribution < -0.4 is 14.9 Å². The number of hydrogen-bond acceptors (Lipinski definition) is 7. The van der Waals surface area contributed by atoms with Crippen molar-refractivity contribution in [2.24, 2.45) is 0 Å². The first-order valence-electron chi connectivity index (χ1n) is 13.1. The van der Waals surface area contributed by atoms with Crippen molar-refractivity contribution < 1.29 is 18.6 Å². The predicted molar refractivity (Wildman–Crippen MR) is 150 cm³/mol. The number of aromatic nitrogens is 3. The normalized spacial score (nSPS) is 13.8. The third-order valence-electron chi connectivity index (χ3n) is 6.76. The van der Waals surface area contributed by atoms with Crippen LogP contribution in [-0.4, -0.2) is 58.9 Å². The van der Waals surface area contributed by atoms with Crippen molar-refractivity contribution in [3.05, 3.63) is 108 Å². The quantitative estimate of drug-likeness (QED) is 0.272. The van der Waals surface area contributed by atoms with Gasteiger partial charge in [-0.1, -0.05) is 30.3 Å². The van der Waals surface area contributed by atoms with Crippen LogP contribution in [0.1, 0.15) is 0 Å². The molecule has 5 aromatic rings. The number of pyridine rings is 3. The molecule has 1 aliphatic rings. The van der Waals surface area contributed by atoms with E-state index in [1.165, 1.54) is 12.1 Å². The summed E-state index contributed by atoms with van der Waals surface area (Å²) in [5, 5.41) is 0.638. The second-order valence-corrected chi connectivity index (χ2v) is 9.36. The molecule has 6 rings (SSSR count). The molecule has 0 bridgehead atoms. The monoisotopic (exact) mass is 538 g/mol. The number of benzene rings is 2. The van der Waals surface area contributed by atoms with Gasteiger partial charge in [0.15, 0.2) is 17.0 Å². The molecule has 9 heteroatoms. The highest BCUT2D eigenvalue weighted by Gasteiger charge is 2.13. The van der Waals surface area contributed by atoms with Crippen molar-refractivity contribution in [2.75, 3.05) is 39.5 Å². The lowest BCUT2D eigenvalue weighted by Crippen LogP contribution is -2.38. The van der Waals surface area contributed by atoms with E-state index in [0.29, 0.717) is 40.4 Å². The largest absolute Gasteiger partial charge is 0.476 e. The Morgan fingerprint density at radius 2 is 1.80 bits per heavy atom. The summed E-state index contributed by atoms with van der Waals surface area (Å²) in [6.45, 7) is 4.58. The van der Waals surface area contributed by atoms with Gasteiger partial charge in [-0.2, -0.15) is 0 Å². The molecule has 0 atom stereocenters. The molecule has 0 amide bonds. The second-order valence-electron chi connectivity index (χ2n) is 9.36. The smallest absolute Gasteiger partial charge is 0.215 e. The van der Waals surface area contributed by atoms with E-state index < -0.39 is 5.82 Å². The molecule has 0 radical (unpaired) electrons. The Labute approximate surface area is 230 Å². The summed E-state index contributed by atoms with van der Waals surface area (Å²) >= 11 is 0. The maximum atomic E-state index is 15.2. The van der Waals surface area contributed by atoms with Crippen molar-refractivity contribution in [3.8, 4) is 34.2 Å². The lowest BCUT2D eigenvalue weighted by molar-refractivity contribution is 0.0320.